The summed E-state index contributed by atoms with van der Waals surface area (Å²) >= 11 is 6.40. The molecule has 0 fully saturated rings. The van der Waals surface area contributed by atoms with Gasteiger partial charge in [0.25, 0.3) is 17.5 Å². The number of rotatable bonds is 6. The molecule has 1 aromatic heterocycles. The van der Waals surface area contributed by atoms with Crippen molar-refractivity contribution in [3.8, 4) is 5.69 Å². The van der Waals surface area contributed by atoms with E-state index in [0.717, 1.165) is 11.8 Å². The van der Waals surface area contributed by atoms with E-state index in [1.807, 2.05) is 30.3 Å². The van der Waals surface area contributed by atoms with Crippen LogP contribution in [-0.4, -0.2) is 43.9 Å². The molecule has 0 bridgehead atoms. The molecule has 4 rings (SSSR count). The Morgan fingerprint density at radius 1 is 1.12 bits per heavy atom. The molecule has 0 spiro atoms. The van der Waals surface area contributed by atoms with Gasteiger partial charge in [-0.25, -0.2) is 4.68 Å². The van der Waals surface area contributed by atoms with Gasteiger partial charge in [0.1, 0.15) is 23.9 Å². The summed E-state index contributed by atoms with van der Waals surface area (Å²) in [5.41, 5.74) is 0.793. The van der Waals surface area contributed by atoms with Gasteiger partial charge in [0, 0.05) is 11.6 Å². The molecule has 162 valence electrons. The van der Waals surface area contributed by atoms with Crippen molar-refractivity contribution in [1.29, 1.82) is 0 Å². The Balaban J connectivity index is 1.47. The summed E-state index contributed by atoms with van der Waals surface area (Å²) in [6.45, 7) is 0.796. The number of hydrogen-bond acceptors (Lipinski definition) is 7. The first kappa shape index (κ1) is 21.2. The zero-order chi connectivity index (χ0) is 23.0. The van der Waals surface area contributed by atoms with E-state index in [9.17, 15) is 24.5 Å². The summed E-state index contributed by atoms with van der Waals surface area (Å²) in [5, 5.41) is 15.8. The number of imide groups is 1. The van der Waals surface area contributed by atoms with Crippen LogP contribution in [0, 0.1) is 17.0 Å². The van der Waals surface area contributed by atoms with Gasteiger partial charge in [-0.15, -0.1) is 0 Å². The highest BCUT2D eigenvalue weighted by Gasteiger charge is 2.42. The number of benzene rings is 2. The van der Waals surface area contributed by atoms with Crippen molar-refractivity contribution in [2.45, 2.75) is 13.5 Å². The number of nitro benzene ring substituents is 1. The number of carbonyl (C=O) groups is 3. The number of nitro groups is 1. The van der Waals surface area contributed by atoms with Gasteiger partial charge in [-0.1, -0.05) is 35.9 Å². The number of carbonyl (C=O) groups excluding carboxylic acids is 3. The maximum absolute atomic E-state index is 12.6. The van der Waals surface area contributed by atoms with Crippen molar-refractivity contribution in [3.05, 3.63) is 86.2 Å². The number of amides is 2. The second kappa shape index (κ2) is 8.23. The number of fused-ring (bicyclic) bond motifs is 1. The quantitative estimate of drug-likeness (QED) is 0.242. The SMILES string of the molecule is Cc1nn(-c2ccccc2)c(Cl)c1COC(=O)CN1C(=O)c2cccc([N+](=O)[O-])c2C1=O. The summed E-state index contributed by atoms with van der Waals surface area (Å²) in [6.07, 6.45) is 0. The topological polar surface area (TPSA) is 125 Å². The number of halogens is 1. The van der Waals surface area contributed by atoms with E-state index < -0.39 is 34.9 Å². The minimum atomic E-state index is -0.916. The Labute approximate surface area is 186 Å². The Morgan fingerprint density at radius 2 is 1.84 bits per heavy atom. The van der Waals surface area contributed by atoms with E-state index in [1.54, 1.807) is 6.92 Å². The average Bonchev–Trinajstić information content (AvgIpc) is 3.20. The molecule has 2 amide bonds. The Hall–Kier alpha value is -4.05. The van der Waals surface area contributed by atoms with Crippen LogP contribution in [0.15, 0.2) is 48.5 Å². The molecule has 3 aromatic rings. The van der Waals surface area contributed by atoms with E-state index in [0.29, 0.717) is 16.2 Å². The molecule has 1 aliphatic rings. The molecule has 0 unspecified atom stereocenters. The van der Waals surface area contributed by atoms with E-state index >= 15 is 0 Å². The summed E-state index contributed by atoms with van der Waals surface area (Å²) in [7, 11) is 0. The fourth-order valence-corrected chi connectivity index (χ4v) is 3.70. The standard InChI is InChI=1S/C21H15ClN4O6/c1-12-15(19(22)25(23-12)13-6-3-2-4-7-13)11-32-17(27)10-24-20(28)14-8-5-9-16(26(30)31)18(14)21(24)29/h2-9H,10-11H2,1H3. The molecular weight excluding hydrogens is 440 g/mol. The van der Waals surface area contributed by atoms with Crippen LogP contribution in [0.3, 0.4) is 0 Å². The Bertz CT molecular complexity index is 1270. The van der Waals surface area contributed by atoms with Crippen LogP contribution >= 0.6 is 11.6 Å². The largest absolute Gasteiger partial charge is 0.459 e. The highest BCUT2D eigenvalue weighted by Crippen LogP contribution is 2.30. The van der Waals surface area contributed by atoms with Crippen molar-refractivity contribution < 1.29 is 24.0 Å². The second-order valence-corrected chi connectivity index (χ2v) is 7.27. The van der Waals surface area contributed by atoms with Crippen molar-refractivity contribution in [1.82, 2.24) is 14.7 Å². The van der Waals surface area contributed by atoms with Crippen molar-refractivity contribution in [3.63, 3.8) is 0 Å². The smallest absolute Gasteiger partial charge is 0.326 e. The van der Waals surface area contributed by atoms with Gasteiger partial charge >= 0.3 is 5.97 Å². The fourth-order valence-electron chi connectivity index (χ4n) is 3.37. The molecule has 2 aromatic carbocycles. The van der Waals surface area contributed by atoms with Gasteiger partial charge < -0.3 is 4.74 Å². The minimum absolute atomic E-state index is 0.125. The Morgan fingerprint density at radius 3 is 2.53 bits per heavy atom. The second-order valence-electron chi connectivity index (χ2n) is 6.92. The monoisotopic (exact) mass is 454 g/mol. The third kappa shape index (κ3) is 3.60. The minimum Gasteiger partial charge on any atom is -0.459 e. The van der Waals surface area contributed by atoms with Crippen LogP contribution in [0.2, 0.25) is 5.15 Å². The molecule has 0 radical (unpaired) electrons. The highest BCUT2D eigenvalue weighted by molar-refractivity contribution is 6.30. The fraction of sp³-hybridized carbons (Fsp3) is 0.143. The molecule has 0 saturated heterocycles. The summed E-state index contributed by atoms with van der Waals surface area (Å²) < 4.78 is 6.72. The zero-order valence-corrected chi connectivity index (χ0v) is 17.4. The van der Waals surface area contributed by atoms with E-state index in [2.05, 4.69) is 5.10 Å². The van der Waals surface area contributed by atoms with Gasteiger partial charge in [0.15, 0.2) is 0 Å². The Kier molecular flexibility index (Phi) is 5.45. The predicted molar refractivity (Wildman–Crippen MR) is 112 cm³/mol. The number of hydrogen-bond donors (Lipinski definition) is 0. The molecule has 0 N–H and O–H groups in total. The molecule has 0 aliphatic carbocycles. The number of aromatic nitrogens is 2. The third-order valence-electron chi connectivity index (χ3n) is 4.96. The van der Waals surface area contributed by atoms with Crippen molar-refractivity contribution >= 4 is 35.1 Å². The summed E-state index contributed by atoms with van der Waals surface area (Å²) in [6, 6.07) is 12.9. The molecule has 10 nitrogen and oxygen atoms in total. The van der Waals surface area contributed by atoms with Crippen LogP contribution in [0.1, 0.15) is 32.0 Å². The lowest BCUT2D eigenvalue weighted by molar-refractivity contribution is -0.385. The average molecular weight is 455 g/mol. The zero-order valence-electron chi connectivity index (χ0n) is 16.6. The van der Waals surface area contributed by atoms with Crippen molar-refractivity contribution in [2.75, 3.05) is 6.54 Å². The summed E-state index contributed by atoms with van der Waals surface area (Å²) in [5.74, 6) is -2.58. The normalized spacial score (nSPS) is 12.8. The van der Waals surface area contributed by atoms with Gasteiger partial charge in [-0.05, 0) is 25.1 Å². The number of para-hydroxylation sites is 1. The van der Waals surface area contributed by atoms with Crippen molar-refractivity contribution in [2.24, 2.45) is 0 Å². The lowest BCUT2D eigenvalue weighted by Gasteiger charge is -2.13. The number of aryl methyl sites for hydroxylation is 1. The van der Waals surface area contributed by atoms with Crippen LogP contribution in [0.4, 0.5) is 5.69 Å². The van der Waals surface area contributed by atoms with Gasteiger partial charge in [-0.3, -0.25) is 29.4 Å². The predicted octanol–water partition coefficient (Wildman–Crippen LogP) is 3.08. The number of nitrogens with zero attached hydrogens (tertiary/aromatic N) is 4. The van der Waals surface area contributed by atoms with Gasteiger partial charge in [0.05, 0.1) is 21.9 Å². The maximum Gasteiger partial charge on any atom is 0.326 e. The number of ether oxygens (including phenoxy) is 1. The van der Waals surface area contributed by atoms with Crippen LogP contribution < -0.4 is 0 Å². The highest BCUT2D eigenvalue weighted by atomic mass is 35.5. The lowest BCUT2D eigenvalue weighted by atomic mass is 10.1. The third-order valence-corrected chi connectivity index (χ3v) is 5.35. The molecular formula is C21H15ClN4O6. The lowest BCUT2D eigenvalue weighted by Crippen LogP contribution is -2.35. The van der Waals surface area contributed by atoms with Crippen LogP contribution in [-0.2, 0) is 16.1 Å². The first-order valence-corrected chi connectivity index (χ1v) is 9.76. The molecule has 1 aliphatic heterocycles. The molecule has 0 atom stereocenters. The van der Waals surface area contributed by atoms with Crippen LogP contribution in [0.5, 0.6) is 0 Å². The van der Waals surface area contributed by atoms with E-state index in [1.165, 1.54) is 16.8 Å². The van der Waals surface area contributed by atoms with Gasteiger partial charge in [-0.2, -0.15) is 5.10 Å². The molecule has 11 heteroatoms. The molecule has 32 heavy (non-hydrogen) atoms. The number of esters is 1. The first-order chi connectivity index (χ1) is 15.3. The maximum atomic E-state index is 12.6. The van der Waals surface area contributed by atoms with Crippen LogP contribution in [0.25, 0.3) is 5.69 Å². The first-order valence-electron chi connectivity index (χ1n) is 9.38. The summed E-state index contributed by atoms with van der Waals surface area (Å²) in [4.78, 5) is 48.5. The van der Waals surface area contributed by atoms with Gasteiger partial charge in [0.2, 0.25) is 0 Å². The molecule has 2 heterocycles. The van der Waals surface area contributed by atoms with E-state index in [4.69, 9.17) is 16.3 Å². The van der Waals surface area contributed by atoms with E-state index in [-0.39, 0.29) is 22.9 Å². The molecule has 0 saturated carbocycles.